The monoisotopic (exact) mass is 470 g/mol. The molecule has 0 saturated carbocycles. The van der Waals surface area contributed by atoms with Crippen LogP contribution < -0.4 is 0 Å². The van der Waals surface area contributed by atoms with Gasteiger partial charge in [0.1, 0.15) is 0 Å². The third-order valence-electron chi connectivity index (χ3n) is 6.87. The zero-order valence-electron chi connectivity index (χ0n) is 23.6. The molecular weight excluding hydrogens is 416 g/mol. The molecule has 0 heterocycles. The van der Waals surface area contributed by atoms with Gasteiger partial charge in [-0.05, 0) is 72.0 Å². The molecule has 0 aromatic heterocycles. The summed E-state index contributed by atoms with van der Waals surface area (Å²) in [4.78, 5) is 0. The number of benzene rings is 1. The van der Waals surface area contributed by atoms with Gasteiger partial charge >= 0.3 is 0 Å². The Morgan fingerprint density at radius 2 is 1.55 bits per heavy atom. The second kappa shape index (κ2) is 15.6. The van der Waals surface area contributed by atoms with Crippen LogP contribution in [0.15, 0.2) is 48.6 Å². The largest absolute Gasteiger partial charge is 0.183 e. The fourth-order valence-electron chi connectivity index (χ4n) is 4.48. The first kappa shape index (κ1) is 31.8. The predicted molar refractivity (Wildman–Crippen MR) is 158 cm³/mol. The number of hydrogen-bond acceptors (Lipinski definition) is 1. The Kier molecular flexibility index (Phi) is 15.1. The number of unbranched alkanes of at least 4 members (excludes halogenated alkanes) is 1. The molecule has 1 aromatic rings. The van der Waals surface area contributed by atoms with Crippen LogP contribution in [0.25, 0.3) is 5.57 Å². The first-order valence-electron chi connectivity index (χ1n) is 13.0. The van der Waals surface area contributed by atoms with Crippen LogP contribution in [-0.2, 0) is 10.8 Å². The molecule has 0 aliphatic heterocycles. The molecule has 0 saturated heterocycles. The Hall–Kier alpha value is -1.21. The van der Waals surface area contributed by atoms with Crippen LogP contribution in [-0.4, -0.2) is 6.26 Å². The highest BCUT2D eigenvalue weighted by Gasteiger charge is 2.36. The van der Waals surface area contributed by atoms with Gasteiger partial charge in [0.05, 0.1) is 0 Å². The average molecular weight is 471 g/mol. The van der Waals surface area contributed by atoms with E-state index < -0.39 is 0 Å². The van der Waals surface area contributed by atoms with E-state index in [-0.39, 0.29) is 5.41 Å². The average Bonchev–Trinajstić information content (AvgIpc) is 2.77. The standard InChI is InChI=1S/C22H30.C9H20.CH4S/c1-16(2)9-8-10-17(3)18-11-12-19-20(15-18)22(6,7)14-13-21(19,4)5;1-4-6-8-9(3)7-5-2;1-2/h8-12,15H,1,13-14H2,2-7H3;9H,4-8H2,1-3H3;2H,1H3/b9-8-,17-10+;;. The third kappa shape index (κ3) is 11.2. The van der Waals surface area contributed by atoms with Gasteiger partial charge in [-0.2, -0.15) is 12.6 Å². The van der Waals surface area contributed by atoms with Gasteiger partial charge in [0, 0.05) is 0 Å². The quantitative estimate of drug-likeness (QED) is 0.283. The lowest BCUT2D eigenvalue weighted by molar-refractivity contribution is 0.332. The number of fused-ring (bicyclic) bond motifs is 1. The highest BCUT2D eigenvalue weighted by Crippen LogP contribution is 2.46. The molecule has 1 atom stereocenters. The van der Waals surface area contributed by atoms with Crippen LogP contribution in [0.3, 0.4) is 0 Å². The van der Waals surface area contributed by atoms with Gasteiger partial charge in [0.25, 0.3) is 0 Å². The first-order chi connectivity index (χ1) is 15.4. The molecule has 0 N–H and O–H groups in total. The summed E-state index contributed by atoms with van der Waals surface area (Å²) in [6.45, 7) is 24.5. The van der Waals surface area contributed by atoms with E-state index in [0.717, 1.165) is 11.5 Å². The van der Waals surface area contributed by atoms with E-state index in [4.69, 9.17) is 0 Å². The van der Waals surface area contributed by atoms with Gasteiger partial charge in [-0.3, -0.25) is 0 Å². The summed E-state index contributed by atoms with van der Waals surface area (Å²) in [6.07, 6.45) is 17.5. The van der Waals surface area contributed by atoms with Crippen LogP contribution in [0.1, 0.15) is 124 Å². The van der Waals surface area contributed by atoms with E-state index in [1.54, 1.807) is 6.26 Å². The predicted octanol–water partition coefficient (Wildman–Crippen LogP) is 10.7. The number of hydrogen-bond donors (Lipinski definition) is 1. The van der Waals surface area contributed by atoms with Crippen molar-refractivity contribution in [2.75, 3.05) is 6.26 Å². The van der Waals surface area contributed by atoms with Crippen LogP contribution in [0.4, 0.5) is 0 Å². The van der Waals surface area contributed by atoms with Crippen molar-refractivity contribution in [2.45, 2.75) is 118 Å². The molecule has 0 fully saturated rings. The summed E-state index contributed by atoms with van der Waals surface area (Å²) in [5.74, 6) is 0.968. The fraction of sp³-hybridized carbons (Fsp3) is 0.625. The van der Waals surface area contributed by atoms with Crippen molar-refractivity contribution in [2.24, 2.45) is 5.92 Å². The van der Waals surface area contributed by atoms with Gasteiger partial charge in [0.15, 0.2) is 0 Å². The molecule has 0 amide bonds. The number of allylic oxidation sites excluding steroid dienone is 5. The lowest BCUT2D eigenvalue weighted by Crippen LogP contribution is -2.33. The SMILES string of the molecule is C=C(C)/C=C\C=C(/C)c1ccc2c(c1)C(C)(C)CCC2(C)C.CCCCC(C)CCC.CS. The fourth-order valence-corrected chi connectivity index (χ4v) is 4.48. The Bertz CT molecular complexity index is 761. The Morgan fingerprint density at radius 1 is 0.970 bits per heavy atom. The van der Waals surface area contributed by atoms with Crippen LogP contribution in [0.5, 0.6) is 0 Å². The van der Waals surface area contributed by atoms with Crippen molar-refractivity contribution in [3.63, 3.8) is 0 Å². The Balaban J connectivity index is 0.000000786. The molecule has 0 bridgehead atoms. The van der Waals surface area contributed by atoms with Crippen molar-refractivity contribution in [3.05, 3.63) is 65.3 Å². The molecule has 1 unspecified atom stereocenters. The van der Waals surface area contributed by atoms with Crippen molar-refractivity contribution in [1.82, 2.24) is 0 Å². The Labute approximate surface area is 213 Å². The summed E-state index contributed by atoms with van der Waals surface area (Å²) in [5, 5.41) is 0. The van der Waals surface area contributed by atoms with Crippen molar-refractivity contribution in [1.29, 1.82) is 0 Å². The van der Waals surface area contributed by atoms with E-state index >= 15 is 0 Å². The zero-order chi connectivity index (χ0) is 25.7. The molecule has 1 aromatic carbocycles. The van der Waals surface area contributed by atoms with E-state index in [1.165, 1.54) is 67.2 Å². The number of rotatable bonds is 8. The van der Waals surface area contributed by atoms with Gasteiger partial charge < -0.3 is 0 Å². The van der Waals surface area contributed by atoms with E-state index in [9.17, 15) is 0 Å². The molecular formula is C32H54S. The molecule has 0 radical (unpaired) electrons. The van der Waals surface area contributed by atoms with Crippen molar-refractivity contribution in [3.8, 4) is 0 Å². The molecule has 1 heteroatoms. The molecule has 0 nitrogen and oxygen atoms in total. The first-order valence-corrected chi connectivity index (χ1v) is 13.9. The van der Waals surface area contributed by atoms with Gasteiger partial charge in [-0.1, -0.05) is 129 Å². The lowest BCUT2D eigenvalue weighted by atomic mass is 9.63. The molecule has 0 spiro atoms. The summed E-state index contributed by atoms with van der Waals surface area (Å²) >= 11 is 3.53. The highest BCUT2D eigenvalue weighted by molar-refractivity contribution is 7.79. The van der Waals surface area contributed by atoms with E-state index in [0.29, 0.717) is 5.41 Å². The van der Waals surface area contributed by atoms with Crippen LogP contribution in [0.2, 0.25) is 0 Å². The smallest absolute Gasteiger partial charge is 0.0100 e. The molecule has 1 aliphatic rings. The summed E-state index contributed by atoms with van der Waals surface area (Å²) < 4.78 is 0. The third-order valence-corrected chi connectivity index (χ3v) is 6.87. The molecule has 33 heavy (non-hydrogen) atoms. The maximum Gasteiger partial charge on any atom is -0.0100 e. The summed E-state index contributed by atoms with van der Waals surface area (Å²) in [6, 6.07) is 7.05. The minimum atomic E-state index is 0.273. The molecule has 2 rings (SSSR count). The molecule has 1 aliphatic carbocycles. The summed E-state index contributed by atoms with van der Waals surface area (Å²) in [7, 11) is 0. The normalized spacial score (nSPS) is 17.2. The van der Waals surface area contributed by atoms with Gasteiger partial charge in [-0.15, -0.1) is 0 Å². The second-order valence-electron chi connectivity index (χ2n) is 11.1. The number of thiol groups is 1. The van der Waals surface area contributed by atoms with E-state index in [2.05, 4.69) is 111 Å². The maximum atomic E-state index is 3.90. The lowest BCUT2D eigenvalue weighted by Gasteiger charge is -2.42. The topological polar surface area (TPSA) is 0 Å². The van der Waals surface area contributed by atoms with Crippen molar-refractivity contribution < 1.29 is 0 Å². The molecule has 188 valence electrons. The minimum absolute atomic E-state index is 0.273. The summed E-state index contributed by atoms with van der Waals surface area (Å²) in [5.41, 5.74) is 7.33. The second-order valence-corrected chi connectivity index (χ2v) is 11.1. The van der Waals surface area contributed by atoms with Crippen LogP contribution >= 0.6 is 12.6 Å². The Morgan fingerprint density at radius 3 is 2.06 bits per heavy atom. The van der Waals surface area contributed by atoms with Gasteiger partial charge in [-0.25, -0.2) is 0 Å². The maximum absolute atomic E-state index is 3.90. The minimum Gasteiger partial charge on any atom is -0.183 e. The van der Waals surface area contributed by atoms with Gasteiger partial charge in [0.2, 0.25) is 0 Å². The van der Waals surface area contributed by atoms with E-state index in [1.807, 2.05) is 6.92 Å². The zero-order valence-corrected chi connectivity index (χ0v) is 24.5. The van der Waals surface area contributed by atoms with Crippen LogP contribution in [0, 0.1) is 5.92 Å². The highest BCUT2D eigenvalue weighted by atomic mass is 32.1. The van der Waals surface area contributed by atoms with Crippen molar-refractivity contribution >= 4 is 18.2 Å².